The van der Waals surface area contributed by atoms with Crippen LogP contribution in [0.4, 0.5) is 0 Å². The van der Waals surface area contributed by atoms with Crippen molar-refractivity contribution in [2.75, 3.05) is 0 Å². The second-order valence-electron chi connectivity index (χ2n) is 6.12. The summed E-state index contributed by atoms with van der Waals surface area (Å²) in [4.78, 5) is 22.5. The van der Waals surface area contributed by atoms with Crippen LogP contribution in [0.5, 0.6) is 5.75 Å². The van der Waals surface area contributed by atoms with E-state index in [4.69, 9.17) is 4.84 Å². The fourth-order valence-electron chi connectivity index (χ4n) is 3.59. The lowest BCUT2D eigenvalue weighted by molar-refractivity contribution is -0.122. The Morgan fingerprint density at radius 2 is 2.13 bits per heavy atom. The third-order valence-corrected chi connectivity index (χ3v) is 4.50. The Balaban J connectivity index is 1.71. The monoisotopic (exact) mass is 309 g/mol. The van der Waals surface area contributed by atoms with Crippen LogP contribution in [0.15, 0.2) is 58.7 Å². The molecule has 1 amide bonds. The molecule has 5 nitrogen and oxygen atoms in total. The number of carbonyl (C=O) groups is 1. The number of hydrogen-bond acceptors (Lipinski definition) is 4. The van der Waals surface area contributed by atoms with Gasteiger partial charge in [-0.2, -0.15) is 5.06 Å². The lowest BCUT2D eigenvalue weighted by atomic mass is 9.77. The molecule has 1 fully saturated rings. The number of nitrogens with zero attached hydrogens (tertiary/aromatic N) is 2. The van der Waals surface area contributed by atoms with Gasteiger partial charge in [-0.25, -0.2) is 0 Å². The largest absolute Gasteiger partial charge is 0.378 e. The fraction of sp³-hybridized carbons (Fsp3) is 0.333. The SMILES string of the molecule is CC1NC(=O)CC2=CN(Oc3ccccc3)C3N=CCC=C3C21. The average Bonchev–Trinajstić information content (AvgIpc) is 2.55. The average molecular weight is 309 g/mol. The van der Waals surface area contributed by atoms with E-state index in [1.165, 1.54) is 5.57 Å². The van der Waals surface area contributed by atoms with Crippen molar-refractivity contribution >= 4 is 12.1 Å². The number of piperidine rings is 1. The van der Waals surface area contributed by atoms with Crippen LogP contribution in [0, 0.1) is 5.92 Å². The van der Waals surface area contributed by atoms with Crippen molar-refractivity contribution in [1.82, 2.24) is 10.4 Å². The Labute approximate surface area is 135 Å². The van der Waals surface area contributed by atoms with E-state index < -0.39 is 0 Å². The van der Waals surface area contributed by atoms with E-state index in [-0.39, 0.29) is 24.0 Å². The molecule has 3 aliphatic rings. The summed E-state index contributed by atoms with van der Waals surface area (Å²) in [5.41, 5.74) is 2.31. The maximum absolute atomic E-state index is 11.9. The predicted octanol–water partition coefficient (Wildman–Crippen LogP) is 2.43. The highest BCUT2D eigenvalue weighted by molar-refractivity contribution is 5.81. The van der Waals surface area contributed by atoms with Crippen molar-refractivity contribution in [3.8, 4) is 5.75 Å². The molecule has 5 heteroatoms. The summed E-state index contributed by atoms with van der Waals surface area (Å²) in [5, 5.41) is 4.82. The first-order chi connectivity index (χ1) is 11.2. The number of para-hydroxylation sites is 1. The van der Waals surface area contributed by atoms with Gasteiger partial charge in [0.2, 0.25) is 5.91 Å². The van der Waals surface area contributed by atoms with Gasteiger partial charge in [-0.05, 0) is 30.2 Å². The number of fused-ring (bicyclic) bond motifs is 3. The van der Waals surface area contributed by atoms with Crippen molar-refractivity contribution in [3.05, 3.63) is 53.8 Å². The molecule has 1 N–H and O–H groups in total. The second kappa shape index (κ2) is 5.57. The third-order valence-electron chi connectivity index (χ3n) is 4.50. The minimum Gasteiger partial charge on any atom is -0.378 e. The van der Waals surface area contributed by atoms with E-state index in [2.05, 4.69) is 23.3 Å². The summed E-state index contributed by atoms with van der Waals surface area (Å²) in [6.45, 7) is 2.06. The maximum atomic E-state index is 11.9. The predicted molar refractivity (Wildman–Crippen MR) is 87.7 cm³/mol. The van der Waals surface area contributed by atoms with E-state index in [0.717, 1.165) is 17.7 Å². The summed E-state index contributed by atoms with van der Waals surface area (Å²) in [6.07, 6.45) is 7.17. The molecule has 0 aliphatic carbocycles. The summed E-state index contributed by atoms with van der Waals surface area (Å²) < 4.78 is 0. The van der Waals surface area contributed by atoms with Gasteiger partial charge in [0, 0.05) is 30.8 Å². The Bertz CT molecular complexity index is 708. The van der Waals surface area contributed by atoms with E-state index in [9.17, 15) is 4.79 Å². The van der Waals surface area contributed by atoms with Crippen molar-refractivity contribution in [1.29, 1.82) is 0 Å². The molecule has 0 aromatic heterocycles. The van der Waals surface area contributed by atoms with Crippen LogP contribution in [0.2, 0.25) is 0 Å². The highest BCUT2D eigenvalue weighted by atomic mass is 16.7. The normalized spacial score (nSPS) is 29.0. The van der Waals surface area contributed by atoms with Gasteiger partial charge in [0.15, 0.2) is 11.9 Å². The maximum Gasteiger partial charge on any atom is 0.224 e. The first-order valence-electron chi connectivity index (χ1n) is 7.95. The van der Waals surface area contributed by atoms with E-state index in [1.54, 1.807) is 5.06 Å². The van der Waals surface area contributed by atoms with Crippen LogP contribution in [-0.2, 0) is 4.79 Å². The number of hydroxylamine groups is 2. The molecule has 1 aromatic carbocycles. The van der Waals surface area contributed by atoms with Crippen LogP contribution in [0.25, 0.3) is 0 Å². The lowest BCUT2D eigenvalue weighted by Gasteiger charge is -2.43. The molecular formula is C18H19N3O2. The molecule has 3 heterocycles. The van der Waals surface area contributed by atoms with Gasteiger partial charge in [-0.15, -0.1) is 0 Å². The molecule has 23 heavy (non-hydrogen) atoms. The number of hydrogen-bond donors (Lipinski definition) is 1. The summed E-state index contributed by atoms with van der Waals surface area (Å²) in [6, 6.07) is 9.74. The van der Waals surface area contributed by atoms with Crippen molar-refractivity contribution in [2.24, 2.45) is 10.9 Å². The summed E-state index contributed by atoms with van der Waals surface area (Å²) in [7, 11) is 0. The van der Waals surface area contributed by atoms with E-state index >= 15 is 0 Å². The van der Waals surface area contributed by atoms with Gasteiger partial charge in [0.25, 0.3) is 0 Å². The van der Waals surface area contributed by atoms with Gasteiger partial charge in [0.1, 0.15) is 0 Å². The standard InChI is InChI=1S/C18H19N3O2/c1-12-17-13(10-16(22)20-12)11-21(18-15(17)8-5-9-19-18)23-14-6-3-2-4-7-14/h2-4,6-9,11-12,17-18H,5,10H2,1H3,(H,20,22). The zero-order valence-corrected chi connectivity index (χ0v) is 13.0. The molecule has 1 saturated heterocycles. The van der Waals surface area contributed by atoms with Crippen LogP contribution in [0.3, 0.4) is 0 Å². The number of rotatable bonds is 2. The van der Waals surface area contributed by atoms with Gasteiger partial charge < -0.3 is 10.2 Å². The lowest BCUT2D eigenvalue weighted by Crippen LogP contribution is -2.51. The Kier molecular flexibility index (Phi) is 3.41. The quantitative estimate of drug-likeness (QED) is 0.854. The molecule has 3 atom stereocenters. The summed E-state index contributed by atoms with van der Waals surface area (Å²) in [5.74, 6) is 1.04. The van der Waals surface area contributed by atoms with Crippen molar-refractivity contribution in [2.45, 2.75) is 32.0 Å². The van der Waals surface area contributed by atoms with Crippen LogP contribution in [-0.4, -0.2) is 29.4 Å². The number of dihydropyridines is 1. The van der Waals surface area contributed by atoms with Crippen LogP contribution in [0.1, 0.15) is 19.8 Å². The minimum absolute atomic E-state index is 0.0676. The number of nitrogens with one attached hydrogen (secondary N) is 1. The van der Waals surface area contributed by atoms with E-state index in [0.29, 0.717) is 6.42 Å². The molecule has 118 valence electrons. The number of amides is 1. The topological polar surface area (TPSA) is 53.9 Å². The van der Waals surface area contributed by atoms with Gasteiger partial charge in [0.05, 0.1) is 6.42 Å². The van der Waals surface area contributed by atoms with Crippen LogP contribution >= 0.6 is 0 Å². The zero-order valence-electron chi connectivity index (χ0n) is 13.0. The molecule has 0 saturated carbocycles. The molecule has 0 bridgehead atoms. The second-order valence-corrected chi connectivity index (χ2v) is 6.12. The minimum atomic E-state index is -0.157. The molecule has 1 aromatic rings. The van der Waals surface area contributed by atoms with E-state index in [1.807, 2.05) is 42.7 Å². The smallest absolute Gasteiger partial charge is 0.224 e. The highest BCUT2D eigenvalue weighted by Gasteiger charge is 2.41. The van der Waals surface area contributed by atoms with Crippen LogP contribution < -0.4 is 10.2 Å². The number of aliphatic imine (C=N–C) groups is 1. The Morgan fingerprint density at radius 1 is 1.30 bits per heavy atom. The van der Waals surface area contributed by atoms with Gasteiger partial charge >= 0.3 is 0 Å². The molecule has 4 rings (SSSR count). The molecule has 0 spiro atoms. The molecule has 0 radical (unpaired) electrons. The van der Waals surface area contributed by atoms with Crippen molar-refractivity contribution < 1.29 is 9.63 Å². The molecule has 3 aliphatic heterocycles. The van der Waals surface area contributed by atoms with Gasteiger partial charge in [-0.3, -0.25) is 9.79 Å². The first-order valence-corrected chi connectivity index (χ1v) is 7.95. The Morgan fingerprint density at radius 3 is 2.96 bits per heavy atom. The van der Waals surface area contributed by atoms with Crippen molar-refractivity contribution in [3.63, 3.8) is 0 Å². The fourth-order valence-corrected chi connectivity index (χ4v) is 3.59. The number of benzene rings is 1. The van der Waals surface area contributed by atoms with Gasteiger partial charge in [-0.1, -0.05) is 24.3 Å². The number of carbonyl (C=O) groups excluding carboxylic acids is 1. The summed E-state index contributed by atoms with van der Waals surface area (Å²) >= 11 is 0. The Hall–Kier alpha value is -2.56. The number of allylic oxidation sites excluding steroid dienone is 1. The third kappa shape index (κ3) is 2.52. The zero-order chi connectivity index (χ0) is 15.8. The molecule has 3 unspecified atom stereocenters. The first kappa shape index (κ1) is 14.1. The highest BCUT2D eigenvalue weighted by Crippen LogP contribution is 2.39. The molecular weight excluding hydrogens is 290 g/mol.